The van der Waals surface area contributed by atoms with Crippen LogP contribution in [-0.4, -0.2) is 23.8 Å². The normalized spacial score (nSPS) is 21.2. The van der Waals surface area contributed by atoms with Crippen molar-refractivity contribution in [2.24, 2.45) is 10.9 Å². The van der Waals surface area contributed by atoms with Crippen LogP contribution in [0.5, 0.6) is 0 Å². The highest BCUT2D eigenvalue weighted by molar-refractivity contribution is 5.95. The molecule has 1 fully saturated rings. The maximum atomic E-state index is 4.70. The monoisotopic (exact) mass is 201 g/mol. The standard InChI is InChI=1S/C12H15N3/c1-2-10-12(14-5-1)8-11(15-10)9-3-6-13-7-4-9/h1-2,5,9,13H,3-4,6-8H2. The molecule has 0 aromatic carbocycles. The van der Waals surface area contributed by atoms with Crippen LogP contribution in [0.4, 0.5) is 5.69 Å². The summed E-state index contributed by atoms with van der Waals surface area (Å²) in [5, 5.41) is 3.39. The average Bonchev–Trinajstić information content (AvgIpc) is 2.74. The number of fused-ring (bicyclic) bond motifs is 1. The predicted molar refractivity (Wildman–Crippen MR) is 60.6 cm³/mol. The summed E-state index contributed by atoms with van der Waals surface area (Å²) in [5.74, 6) is 0.681. The van der Waals surface area contributed by atoms with Gasteiger partial charge < -0.3 is 5.32 Å². The molecule has 0 radical (unpaired) electrons. The number of aromatic nitrogens is 1. The second kappa shape index (κ2) is 3.74. The molecule has 3 heterocycles. The Kier molecular flexibility index (Phi) is 2.25. The first-order valence-corrected chi connectivity index (χ1v) is 5.65. The minimum atomic E-state index is 0.681. The molecule has 3 nitrogen and oxygen atoms in total. The molecule has 0 saturated carbocycles. The molecule has 0 bridgehead atoms. The first-order chi connectivity index (χ1) is 7.43. The van der Waals surface area contributed by atoms with E-state index >= 15 is 0 Å². The summed E-state index contributed by atoms with van der Waals surface area (Å²) >= 11 is 0. The van der Waals surface area contributed by atoms with E-state index in [1.165, 1.54) is 18.6 Å². The number of nitrogens with zero attached hydrogens (tertiary/aromatic N) is 2. The first kappa shape index (κ1) is 9.04. The maximum Gasteiger partial charge on any atom is 0.0848 e. The molecule has 15 heavy (non-hydrogen) atoms. The molecule has 0 aliphatic carbocycles. The van der Waals surface area contributed by atoms with E-state index in [2.05, 4.69) is 16.4 Å². The molecule has 0 spiro atoms. The third-order valence-electron chi connectivity index (χ3n) is 3.29. The van der Waals surface area contributed by atoms with Gasteiger partial charge in [-0.25, -0.2) is 0 Å². The number of hydrogen-bond donors (Lipinski definition) is 1. The van der Waals surface area contributed by atoms with Crippen LogP contribution >= 0.6 is 0 Å². The second-order valence-corrected chi connectivity index (χ2v) is 4.27. The molecule has 0 atom stereocenters. The summed E-state index contributed by atoms with van der Waals surface area (Å²) in [6.45, 7) is 2.26. The van der Waals surface area contributed by atoms with Gasteiger partial charge in [-0.05, 0) is 38.1 Å². The minimum absolute atomic E-state index is 0.681. The van der Waals surface area contributed by atoms with E-state index in [0.29, 0.717) is 5.92 Å². The van der Waals surface area contributed by atoms with Crippen molar-refractivity contribution in [2.45, 2.75) is 19.3 Å². The fraction of sp³-hybridized carbons (Fsp3) is 0.500. The van der Waals surface area contributed by atoms with E-state index in [9.17, 15) is 0 Å². The first-order valence-electron chi connectivity index (χ1n) is 5.65. The fourth-order valence-electron chi connectivity index (χ4n) is 2.42. The molecule has 2 aliphatic rings. The largest absolute Gasteiger partial charge is 0.317 e. The van der Waals surface area contributed by atoms with Gasteiger partial charge >= 0.3 is 0 Å². The summed E-state index contributed by atoms with van der Waals surface area (Å²) in [6.07, 6.45) is 5.29. The van der Waals surface area contributed by atoms with E-state index < -0.39 is 0 Å². The Bertz CT molecular complexity index is 392. The van der Waals surface area contributed by atoms with Gasteiger partial charge in [0.25, 0.3) is 0 Å². The van der Waals surface area contributed by atoms with E-state index in [-0.39, 0.29) is 0 Å². The molecule has 1 N–H and O–H groups in total. The number of rotatable bonds is 1. The van der Waals surface area contributed by atoms with Gasteiger partial charge in [-0.15, -0.1) is 0 Å². The zero-order valence-corrected chi connectivity index (χ0v) is 8.74. The zero-order chi connectivity index (χ0) is 10.1. The van der Waals surface area contributed by atoms with Crippen molar-refractivity contribution in [3.63, 3.8) is 0 Å². The number of hydrogen-bond acceptors (Lipinski definition) is 3. The molecular formula is C12H15N3. The van der Waals surface area contributed by atoms with Crippen LogP contribution in [0.15, 0.2) is 23.3 Å². The lowest BCUT2D eigenvalue weighted by Gasteiger charge is -2.22. The highest BCUT2D eigenvalue weighted by Crippen LogP contribution is 2.29. The summed E-state index contributed by atoms with van der Waals surface area (Å²) in [5.41, 5.74) is 3.60. The Balaban J connectivity index is 1.81. The molecule has 0 unspecified atom stereocenters. The summed E-state index contributed by atoms with van der Waals surface area (Å²) in [7, 11) is 0. The number of piperidine rings is 1. The van der Waals surface area contributed by atoms with Crippen molar-refractivity contribution in [3.8, 4) is 0 Å². The van der Waals surface area contributed by atoms with Crippen LogP contribution in [0.25, 0.3) is 0 Å². The van der Waals surface area contributed by atoms with Crippen LogP contribution < -0.4 is 5.32 Å². The topological polar surface area (TPSA) is 37.3 Å². The number of pyridine rings is 1. The van der Waals surface area contributed by atoms with Crippen LogP contribution in [0.2, 0.25) is 0 Å². The van der Waals surface area contributed by atoms with Crippen LogP contribution in [0.1, 0.15) is 18.5 Å². The van der Waals surface area contributed by atoms with Gasteiger partial charge in [-0.1, -0.05) is 0 Å². The third kappa shape index (κ3) is 1.67. The lowest BCUT2D eigenvalue weighted by atomic mass is 9.91. The van der Waals surface area contributed by atoms with Crippen molar-refractivity contribution < 1.29 is 0 Å². The van der Waals surface area contributed by atoms with Crippen LogP contribution in [0.3, 0.4) is 0 Å². The Labute approximate surface area is 89.6 Å². The van der Waals surface area contributed by atoms with Gasteiger partial charge in [-0.2, -0.15) is 0 Å². The Morgan fingerprint density at radius 3 is 2.93 bits per heavy atom. The van der Waals surface area contributed by atoms with Crippen molar-refractivity contribution in [3.05, 3.63) is 24.0 Å². The second-order valence-electron chi connectivity index (χ2n) is 4.27. The van der Waals surface area contributed by atoms with E-state index in [1.807, 2.05) is 12.3 Å². The number of nitrogens with one attached hydrogen (secondary N) is 1. The van der Waals surface area contributed by atoms with Crippen molar-refractivity contribution in [2.75, 3.05) is 13.1 Å². The molecule has 1 aromatic rings. The summed E-state index contributed by atoms with van der Waals surface area (Å²) in [6, 6.07) is 4.03. The lowest BCUT2D eigenvalue weighted by Crippen LogP contribution is -2.31. The van der Waals surface area contributed by atoms with Gasteiger partial charge in [0.15, 0.2) is 0 Å². The lowest BCUT2D eigenvalue weighted by molar-refractivity contribution is 0.454. The van der Waals surface area contributed by atoms with E-state index in [4.69, 9.17) is 4.99 Å². The molecule has 3 heteroatoms. The van der Waals surface area contributed by atoms with Gasteiger partial charge in [0.05, 0.1) is 11.4 Å². The molecule has 78 valence electrons. The van der Waals surface area contributed by atoms with Crippen molar-refractivity contribution in [1.82, 2.24) is 10.3 Å². The zero-order valence-electron chi connectivity index (χ0n) is 8.74. The van der Waals surface area contributed by atoms with Crippen molar-refractivity contribution in [1.29, 1.82) is 0 Å². The molecule has 0 amide bonds. The van der Waals surface area contributed by atoms with Gasteiger partial charge in [0.1, 0.15) is 0 Å². The van der Waals surface area contributed by atoms with E-state index in [0.717, 1.165) is 30.9 Å². The molecular weight excluding hydrogens is 186 g/mol. The van der Waals surface area contributed by atoms with Crippen molar-refractivity contribution >= 4 is 11.4 Å². The highest BCUT2D eigenvalue weighted by Gasteiger charge is 2.24. The van der Waals surface area contributed by atoms with Crippen LogP contribution in [-0.2, 0) is 6.42 Å². The summed E-state index contributed by atoms with van der Waals surface area (Å²) in [4.78, 5) is 9.08. The molecule has 1 saturated heterocycles. The predicted octanol–water partition coefficient (Wildman–Crippen LogP) is 1.71. The smallest absolute Gasteiger partial charge is 0.0848 e. The molecule has 1 aromatic heterocycles. The van der Waals surface area contributed by atoms with E-state index in [1.54, 1.807) is 0 Å². The Hall–Kier alpha value is -1.22. The molecule has 2 aliphatic heterocycles. The minimum Gasteiger partial charge on any atom is -0.317 e. The average molecular weight is 201 g/mol. The van der Waals surface area contributed by atoms with Gasteiger partial charge in [0, 0.05) is 24.2 Å². The van der Waals surface area contributed by atoms with Gasteiger partial charge in [0.2, 0.25) is 0 Å². The fourth-order valence-corrected chi connectivity index (χ4v) is 2.42. The van der Waals surface area contributed by atoms with Crippen LogP contribution in [0, 0.1) is 5.92 Å². The molecule has 3 rings (SSSR count). The maximum absolute atomic E-state index is 4.70. The highest BCUT2D eigenvalue weighted by atomic mass is 14.9. The quantitative estimate of drug-likeness (QED) is 0.751. The summed E-state index contributed by atoms with van der Waals surface area (Å²) < 4.78 is 0. The number of aliphatic imine (C=N–C) groups is 1. The Morgan fingerprint density at radius 2 is 2.13 bits per heavy atom. The third-order valence-corrected chi connectivity index (χ3v) is 3.29. The Morgan fingerprint density at radius 1 is 1.27 bits per heavy atom. The SMILES string of the molecule is c1cnc2c(c1)N=C(C1CCNCC1)C2. The van der Waals surface area contributed by atoms with Gasteiger partial charge in [-0.3, -0.25) is 9.98 Å².